The second kappa shape index (κ2) is 3.44. The number of rotatable bonds is 2. The van der Waals surface area contributed by atoms with Gasteiger partial charge in [0.2, 0.25) is 0 Å². The molecule has 0 saturated carbocycles. The van der Waals surface area contributed by atoms with Crippen molar-refractivity contribution in [3.8, 4) is 0 Å². The molecule has 2 N–H and O–H groups in total. The maximum Gasteiger partial charge on any atom is 0.381 e. The Morgan fingerprint density at radius 2 is 1.89 bits per heavy atom. The molecule has 1 unspecified atom stereocenters. The van der Waals surface area contributed by atoms with E-state index in [1.165, 1.54) is 0 Å². The van der Waals surface area contributed by atoms with E-state index in [9.17, 15) is 4.89 Å². The molecule has 0 saturated heterocycles. The van der Waals surface area contributed by atoms with E-state index < -0.39 is 14.2 Å². The minimum absolute atomic E-state index is 0.465. The predicted molar refractivity (Wildman–Crippen MR) is 33.7 cm³/mol. The summed E-state index contributed by atoms with van der Waals surface area (Å²) < 4.78 is 8.66. The second-order valence-electron chi connectivity index (χ2n) is 2.53. The molecule has 55 valence electrons. The summed E-state index contributed by atoms with van der Waals surface area (Å²) in [6.07, 6.45) is 0. The van der Waals surface area contributed by atoms with Gasteiger partial charge in [-0.1, -0.05) is 0 Å². The van der Waals surface area contributed by atoms with Crippen LogP contribution in [-0.2, 0) is 14.0 Å². The zero-order valence-electron chi connectivity index (χ0n) is 5.75. The van der Waals surface area contributed by atoms with E-state index in [1.54, 1.807) is 20.8 Å². The van der Waals surface area contributed by atoms with Crippen molar-refractivity contribution in [2.75, 3.05) is 0 Å². The topological polar surface area (TPSA) is 64.4 Å². The van der Waals surface area contributed by atoms with Gasteiger partial charge in [0.1, 0.15) is 0 Å². The molecule has 0 aliphatic heterocycles. The highest BCUT2D eigenvalue weighted by atomic mass is 31.2. The van der Waals surface area contributed by atoms with Crippen molar-refractivity contribution in [1.82, 2.24) is 0 Å². The van der Waals surface area contributed by atoms with Gasteiger partial charge in [0.15, 0.2) is 0 Å². The predicted octanol–water partition coefficient (Wildman–Crippen LogP) is 1.35. The molecule has 0 aliphatic carbocycles. The summed E-state index contributed by atoms with van der Waals surface area (Å²) in [4.78, 5) is 10.4. The molecular weight excluding hydrogens is 141 g/mol. The Morgan fingerprint density at radius 3 is 2.00 bits per heavy atom. The second-order valence-corrected chi connectivity index (χ2v) is 3.37. The van der Waals surface area contributed by atoms with Crippen LogP contribution in [0.1, 0.15) is 20.8 Å². The Kier molecular flexibility index (Phi) is 3.54. The lowest BCUT2D eigenvalue weighted by Gasteiger charge is -2.18. The van der Waals surface area contributed by atoms with Gasteiger partial charge in [-0.15, -0.1) is 4.89 Å². The van der Waals surface area contributed by atoms with Crippen LogP contribution in [-0.4, -0.2) is 5.60 Å². The van der Waals surface area contributed by atoms with E-state index in [-0.39, 0.29) is 0 Å². The van der Waals surface area contributed by atoms with Gasteiger partial charge in [-0.3, -0.25) is 0 Å². The van der Waals surface area contributed by atoms with Crippen LogP contribution in [0.15, 0.2) is 0 Å². The first-order valence-corrected chi connectivity index (χ1v) is 3.58. The van der Waals surface area contributed by atoms with E-state index in [0.29, 0.717) is 0 Å². The third-order valence-corrected chi connectivity index (χ3v) is 1.30. The molecule has 9 heavy (non-hydrogen) atoms. The van der Waals surface area contributed by atoms with E-state index in [2.05, 4.69) is 10.5 Å². The molecule has 1 atom stereocenters. The van der Waals surface area contributed by atoms with Gasteiger partial charge in [-0.2, -0.15) is 0 Å². The lowest BCUT2D eigenvalue weighted by molar-refractivity contribution is 0.0817. The average molecular weight is 152 g/mol. The average Bonchev–Trinajstić information content (AvgIpc) is 1.62. The molecule has 0 rings (SSSR count). The van der Waals surface area contributed by atoms with E-state index in [0.717, 1.165) is 0 Å². The van der Waals surface area contributed by atoms with Crippen molar-refractivity contribution in [2.45, 2.75) is 26.4 Å². The monoisotopic (exact) mass is 152 g/mol. The van der Waals surface area contributed by atoms with Gasteiger partial charge in [0, 0.05) is 0 Å². The molecule has 0 aromatic rings. The molecule has 0 bridgehead atoms. The lowest BCUT2D eigenvalue weighted by Crippen LogP contribution is -2.16. The maximum atomic E-state index is 10.4. The van der Waals surface area contributed by atoms with E-state index in [4.69, 9.17) is 4.52 Å². The Bertz CT molecular complexity index is 82.4. The number of hydrogen-bond donors (Lipinski definition) is 1. The third kappa shape index (κ3) is 6.15. The molecule has 4 nitrogen and oxygen atoms in total. The molecule has 0 aromatic heterocycles. The Labute approximate surface area is 55.9 Å². The van der Waals surface area contributed by atoms with Crippen LogP contribution in [0, 0.1) is 0 Å². The number of nitrogens with two attached hydrogens (primary N) is 1. The van der Waals surface area contributed by atoms with Crippen molar-refractivity contribution >= 4 is 8.60 Å². The van der Waals surface area contributed by atoms with E-state index >= 15 is 0 Å². The maximum absolute atomic E-state index is 10.4. The van der Waals surface area contributed by atoms with Gasteiger partial charge in [-0.05, 0) is 20.8 Å². The molecule has 5 heteroatoms. The summed E-state index contributed by atoms with van der Waals surface area (Å²) in [6, 6.07) is 0. The summed E-state index contributed by atoms with van der Waals surface area (Å²) in [5, 5.41) is 0. The molecule has 1 radical (unpaired) electrons. The molecule has 0 aliphatic rings. The third-order valence-electron chi connectivity index (χ3n) is 0.434. The van der Waals surface area contributed by atoms with Crippen LogP contribution in [0.2, 0.25) is 0 Å². The molecule has 0 fully saturated rings. The van der Waals surface area contributed by atoms with Crippen LogP contribution >= 0.6 is 8.60 Å². The van der Waals surface area contributed by atoms with Crippen LogP contribution < -0.4 is 5.90 Å². The highest BCUT2D eigenvalue weighted by Crippen LogP contribution is 2.36. The van der Waals surface area contributed by atoms with Crippen molar-refractivity contribution in [3.63, 3.8) is 0 Å². The normalized spacial score (nSPS) is 15.7. The summed E-state index contributed by atoms with van der Waals surface area (Å²) in [7, 11) is -2.14. The van der Waals surface area contributed by atoms with Gasteiger partial charge >= 0.3 is 8.60 Å². The highest BCUT2D eigenvalue weighted by molar-refractivity contribution is 7.40. The van der Waals surface area contributed by atoms with Gasteiger partial charge in [0.05, 0.1) is 5.60 Å². The van der Waals surface area contributed by atoms with E-state index in [1.807, 2.05) is 0 Å². The Balaban J connectivity index is 3.47. The van der Waals surface area contributed by atoms with Crippen LogP contribution in [0.3, 0.4) is 0 Å². The van der Waals surface area contributed by atoms with Crippen molar-refractivity contribution < 1.29 is 14.0 Å². The van der Waals surface area contributed by atoms with Gasteiger partial charge in [0.25, 0.3) is 0 Å². The summed E-state index contributed by atoms with van der Waals surface area (Å²) >= 11 is 0. The minimum Gasteiger partial charge on any atom is -0.304 e. The fourth-order valence-corrected chi connectivity index (χ4v) is 0.735. The Morgan fingerprint density at radius 1 is 1.44 bits per heavy atom. The van der Waals surface area contributed by atoms with Crippen LogP contribution in [0.4, 0.5) is 0 Å². The number of hydrogen-bond acceptors (Lipinski definition) is 3. The van der Waals surface area contributed by atoms with Gasteiger partial charge < -0.3 is 4.52 Å². The molecule has 0 heterocycles. The van der Waals surface area contributed by atoms with Crippen molar-refractivity contribution in [3.05, 3.63) is 0 Å². The zero-order chi connectivity index (χ0) is 7.49. The fraction of sp³-hybridized carbons (Fsp3) is 1.00. The van der Waals surface area contributed by atoms with Gasteiger partial charge in [-0.25, -0.2) is 10.5 Å². The molecule has 0 aromatic carbocycles. The first-order valence-electron chi connectivity index (χ1n) is 2.49. The lowest BCUT2D eigenvalue weighted by atomic mass is 10.2. The van der Waals surface area contributed by atoms with Crippen LogP contribution in [0.25, 0.3) is 0 Å². The van der Waals surface area contributed by atoms with Crippen molar-refractivity contribution in [1.29, 1.82) is 0 Å². The minimum atomic E-state index is -2.14. The first kappa shape index (κ1) is 9.27. The molecular formula is C4H11NO3P. The quantitative estimate of drug-likeness (QED) is 0.479. The highest BCUT2D eigenvalue weighted by Gasteiger charge is 2.18. The SMILES string of the molecule is CC(C)(C)OP([O])ON. The summed E-state index contributed by atoms with van der Waals surface area (Å²) in [6.45, 7) is 5.29. The first-order chi connectivity index (χ1) is 3.95. The standard InChI is InChI=1S/C4H11NO3P/c1-4(2,3)7-9(6)8-5/h5H2,1-3H3. The zero-order valence-corrected chi connectivity index (χ0v) is 6.64. The Hall–Kier alpha value is 0.270. The molecule has 0 amide bonds. The van der Waals surface area contributed by atoms with Crippen LogP contribution in [0.5, 0.6) is 0 Å². The summed E-state index contributed by atoms with van der Waals surface area (Å²) in [5.74, 6) is 4.57. The molecule has 0 spiro atoms. The fourth-order valence-electron chi connectivity index (χ4n) is 0.245. The smallest absolute Gasteiger partial charge is 0.304 e. The summed E-state index contributed by atoms with van der Waals surface area (Å²) in [5.41, 5.74) is -0.465. The largest absolute Gasteiger partial charge is 0.381 e. The van der Waals surface area contributed by atoms with Crippen molar-refractivity contribution in [2.24, 2.45) is 5.90 Å².